The van der Waals surface area contributed by atoms with Crippen LogP contribution in [0.5, 0.6) is 0 Å². The summed E-state index contributed by atoms with van der Waals surface area (Å²) in [7, 11) is 3.57. The molecule has 6 radical (unpaired) electrons. The molecular formula is C55H62BCoF24O5P+. The quantitative estimate of drug-likeness (QED) is 0.0494. The van der Waals surface area contributed by atoms with Crippen molar-refractivity contribution in [1.82, 2.24) is 0 Å². The SMILES string of the molecule is CCOCC.CC[OH+]CC.COP(OC)OC.C[C]1[C](C)[C](C)[C](C)[C]1C.FC(F)(F)c1cc([B-](c2cc(C(F)(F)F)cc(C(F)(F)F)c2)(c2cc(C(F)(F)F)cc(C(F)(F)F)c2)c2cc(C(F)(F)F)cc(C(F)(F)F)c2)cc(C(F)(F)F)c1.[CH2-]C.[Co+2]. The molecule has 4 aromatic carbocycles. The average Bonchev–Trinajstić information content (AvgIpc) is 1.16. The molecule has 0 saturated heterocycles. The molecule has 0 atom stereocenters. The van der Waals surface area contributed by atoms with Crippen molar-refractivity contribution in [1.29, 1.82) is 0 Å². The molecule has 1 aliphatic carbocycles. The zero-order chi connectivity index (χ0) is 67.7. The number of benzene rings is 4. The molecule has 0 spiro atoms. The molecule has 1 fully saturated rings. The van der Waals surface area contributed by atoms with E-state index in [1.54, 1.807) is 28.3 Å². The van der Waals surface area contributed by atoms with E-state index in [-0.39, 0.29) is 16.8 Å². The molecule has 4 aromatic rings. The molecule has 5 nitrogen and oxygen atoms in total. The first-order valence-electron chi connectivity index (χ1n) is 24.9. The number of aliphatic hydroxyl groups is 2. The van der Waals surface area contributed by atoms with Gasteiger partial charge in [0.05, 0.1) is 44.5 Å². The van der Waals surface area contributed by atoms with Crippen LogP contribution in [0, 0.1) is 36.5 Å². The molecular weight excluding hydrogens is 1300 g/mol. The molecule has 0 amide bonds. The number of hydrogen-bond donors (Lipinski definition) is 0. The van der Waals surface area contributed by atoms with E-state index in [0.717, 1.165) is 26.4 Å². The van der Waals surface area contributed by atoms with Gasteiger partial charge in [-0.3, -0.25) is 0 Å². The van der Waals surface area contributed by atoms with Gasteiger partial charge in [-0.15, -0.1) is 0 Å². The third kappa shape index (κ3) is 24.6. The zero-order valence-electron chi connectivity index (χ0n) is 48.5. The maximum absolute atomic E-state index is 14.2. The zero-order valence-corrected chi connectivity index (χ0v) is 50.4. The Morgan fingerprint density at radius 3 is 0.552 bits per heavy atom. The summed E-state index contributed by atoms with van der Waals surface area (Å²) in [6.45, 7) is 27.7. The second kappa shape index (κ2) is 34.4. The maximum atomic E-state index is 14.2. The molecule has 0 bridgehead atoms. The number of alkyl halides is 24. The predicted molar refractivity (Wildman–Crippen MR) is 279 cm³/mol. The molecule has 0 heterocycles. The topological polar surface area (TPSA) is 49.7 Å². The van der Waals surface area contributed by atoms with Crippen molar-refractivity contribution in [3.05, 3.63) is 154 Å². The molecule has 5 rings (SSSR count). The van der Waals surface area contributed by atoms with E-state index in [2.05, 4.69) is 59.9 Å². The average molecular weight is 1360 g/mol. The Kier molecular flexibility index (Phi) is 33.7. The third-order valence-electron chi connectivity index (χ3n) is 12.6. The molecule has 32 heteroatoms. The fourth-order valence-corrected chi connectivity index (χ4v) is 8.58. The van der Waals surface area contributed by atoms with Crippen molar-refractivity contribution in [2.45, 2.75) is 119 Å². The molecule has 0 unspecified atom stereocenters. The van der Waals surface area contributed by atoms with Crippen molar-refractivity contribution in [2.24, 2.45) is 0 Å². The van der Waals surface area contributed by atoms with Crippen molar-refractivity contribution >= 4 is 36.6 Å². The van der Waals surface area contributed by atoms with Crippen LogP contribution in [0.3, 0.4) is 0 Å². The van der Waals surface area contributed by atoms with Crippen molar-refractivity contribution in [2.75, 3.05) is 47.8 Å². The summed E-state index contributed by atoms with van der Waals surface area (Å²) in [5.74, 6) is 7.34. The molecule has 87 heavy (non-hydrogen) atoms. The van der Waals surface area contributed by atoms with E-state index in [0.29, 0.717) is 0 Å². The van der Waals surface area contributed by atoms with Crippen molar-refractivity contribution in [3.8, 4) is 0 Å². The Morgan fingerprint density at radius 2 is 0.483 bits per heavy atom. The summed E-state index contributed by atoms with van der Waals surface area (Å²) in [5.41, 5.74) is -30.2. The minimum Gasteiger partial charge on any atom is -0.434 e. The monoisotopic (exact) mass is 1360 g/mol. The summed E-state index contributed by atoms with van der Waals surface area (Å²) >= 11 is 0. The number of ether oxygens (including phenoxy) is 2. The summed E-state index contributed by atoms with van der Waals surface area (Å²) in [6, 6.07) is -8.81. The molecule has 0 aromatic heterocycles. The van der Waals surface area contributed by atoms with Crippen LogP contribution in [0.2, 0.25) is 0 Å². The normalized spacial score (nSPS) is 14.5. The van der Waals surface area contributed by atoms with E-state index in [1.165, 1.54) is 29.6 Å². The molecule has 1 saturated carbocycles. The van der Waals surface area contributed by atoms with Gasteiger partial charge in [-0.05, 0) is 67.7 Å². The van der Waals surface area contributed by atoms with Gasteiger partial charge in [0, 0.05) is 48.4 Å². The summed E-state index contributed by atoms with van der Waals surface area (Å²) < 4.78 is 364. The van der Waals surface area contributed by atoms with Gasteiger partial charge in [-0.2, -0.15) is 134 Å². The summed E-state index contributed by atoms with van der Waals surface area (Å²) in [5, 5.41) is 0. The largest absolute Gasteiger partial charge is 2.00 e. The first kappa shape index (κ1) is 85.1. The smallest absolute Gasteiger partial charge is 0.434 e. The van der Waals surface area contributed by atoms with E-state index in [1.807, 2.05) is 27.7 Å². The maximum Gasteiger partial charge on any atom is 2.00 e. The van der Waals surface area contributed by atoms with Gasteiger partial charge in [0.1, 0.15) is 19.4 Å². The van der Waals surface area contributed by atoms with Crippen LogP contribution in [-0.4, -0.2) is 58.6 Å². The molecule has 1 N–H and O–H groups in total. The Labute approximate surface area is 500 Å². The first-order valence-corrected chi connectivity index (χ1v) is 26.0. The van der Waals surface area contributed by atoms with Crippen LogP contribution < -0.4 is 21.9 Å². The Morgan fingerprint density at radius 1 is 0.333 bits per heavy atom. The van der Waals surface area contributed by atoms with Gasteiger partial charge in [0.2, 0.25) is 0 Å². The summed E-state index contributed by atoms with van der Waals surface area (Å²) in [4.78, 5) is 0. The van der Waals surface area contributed by atoms with E-state index >= 15 is 0 Å². The van der Waals surface area contributed by atoms with Gasteiger partial charge in [-0.1, -0.05) is 83.1 Å². The number of hydrogen-bond acceptors (Lipinski definition) is 4. The van der Waals surface area contributed by atoms with E-state index in [4.69, 9.17) is 4.74 Å². The van der Waals surface area contributed by atoms with Crippen LogP contribution in [-0.2, 0) is 84.5 Å². The van der Waals surface area contributed by atoms with Crippen LogP contribution in [0.15, 0.2) is 72.8 Å². The fraction of sp³-hybridized carbons (Fsp3) is 0.455. The molecule has 1 aliphatic rings. The fourth-order valence-electron chi connectivity index (χ4n) is 8.13. The minimum atomic E-state index is -6.13. The van der Waals surface area contributed by atoms with Gasteiger partial charge < -0.3 is 30.0 Å². The predicted octanol–water partition coefficient (Wildman–Crippen LogP) is 17.8. The van der Waals surface area contributed by atoms with E-state index < -0.39 is 203 Å². The molecule has 496 valence electrons. The summed E-state index contributed by atoms with van der Waals surface area (Å²) in [6.07, 6.45) is -54.8. The first-order chi connectivity index (χ1) is 39.0. The Hall–Kier alpha value is -4.00. The van der Waals surface area contributed by atoms with Crippen LogP contribution in [0.1, 0.15) is 114 Å². The van der Waals surface area contributed by atoms with E-state index in [9.17, 15) is 105 Å². The van der Waals surface area contributed by atoms with Gasteiger partial charge in [-0.25, -0.2) is 0 Å². The Balaban J connectivity index is 0. The van der Waals surface area contributed by atoms with Crippen molar-refractivity contribution < 1.29 is 145 Å². The minimum absolute atomic E-state index is 0. The number of rotatable bonds is 11. The van der Waals surface area contributed by atoms with Gasteiger partial charge in [0.25, 0.3) is 0 Å². The van der Waals surface area contributed by atoms with Gasteiger partial charge in [0.15, 0.2) is 0 Å². The molecule has 0 aliphatic heterocycles. The third-order valence-corrected chi connectivity index (χ3v) is 13.4. The van der Waals surface area contributed by atoms with Crippen molar-refractivity contribution in [3.63, 3.8) is 0 Å². The van der Waals surface area contributed by atoms with Crippen LogP contribution in [0.25, 0.3) is 0 Å². The van der Waals surface area contributed by atoms with Crippen LogP contribution >= 0.6 is 8.60 Å². The number of halogens is 24. The standard InChI is InChI=1S/C32H12BF24.C10H15.2C4H10O.C3H9O3P.C2H5.Co/c34-25(35,36)13-1-14(26(37,38)39)6-21(5-13)33(22-7-15(27(40,41)42)2-16(8-22)28(43,44)45,23-9-17(29(46,47)48)3-18(10-23)30(49,50)51)24-11-19(31(52,53)54)4-20(12-24)32(55,56)57;1-6-7(2)9(4)10(5)8(6)3;2*1-3-5-4-2;1-4-7(5-2)6-3;1-2;/h1-12H;1-5H3;2*3-4H2,1-2H3;1-3H3;1H2,2H3;/q-1;;;;;-1;+2/p+1. The second-order valence-corrected chi connectivity index (χ2v) is 19.3. The van der Waals surface area contributed by atoms with Gasteiger partial charge >= 0.3 is 74.8 Å². The Bertz CT molecular complexity index is 2170. The van der Waals surface area contributed by atoms with Crippen LogP contribution in [0.4, 0.5) is 105 Å². The second-order valence-electron chi connectivity index (χ2n) is 17.8.